The monoisotopic (exact) mass is 306 g/mol. The van der Waals surface area contributed by atoms with Crippen LogP contribution in [-0.2, 0) is 16.1 Å². The van der Waals surface area contributed by atoms with Gasteiger partial charge in [-0.05, 0) is 30.6 Å². The summed E-state index contributed by atoms with van der Waals surface area (Å²) in [6, 6.07) is 0.170. The van der Waals surface area contributed by atoms with Crippen molar-refractivity contribution in [2.75, 3.05) is 13.7 Å². The normalized spacial score (nSPS) is 35.3. The molecule has 3 fully saturated rings. The lowest BCUT2D eigenvalue weighted by molar-refractivity contribution is -0.135. The molecular weight excluding hydrogens is 288 g/mol. The van der Waals surface area contributed by atoms with E-state index in [1.165, 1.54) is 10.9 Å². The van der Waals surface area contributed by atoms with Crippen LogP contribution in [0.2, 0.25) is 0 Å². The topological polar surface area (TPSA) is 97.5 Å². The third-order valence-electron chi connectivity index (χ3n) is 5.46. The van der Waals surface area contributed by atoms with Gasteiger partial charge < -0.3 is 14.7 Å². The molecular formula is C14H18N4O4. The SMILES string of the molecule is COC1C2CC3CN(C(=O)Cn4cc(C(=O)O)nn4)C1C3C2. The first-order valence-electron chi connectivity index (χ1n) is 7.54. The second-order valence-electron chi connectivity index (χ2n) is 6.50. The number of hydrogen-bond acceptors (Lipinski definition) is 5. The molecule has 2 bridgehead atoms. The molecule has 1 aromatic rings. The number of likely N-dealkylation sites (tertiary alicyclic amines) is 1. The molecule has 4 rings (SSSR count). The number of carbonyl (C=O) groups is 2. The van der Waals surface area contributed by atoms with E-state index in [4.69, 9.17) is 9.84 Å². The lowest BCUT2D eigenvalue weighted by Crippen LogP contribution is -2.45. The van der Waals surface area contributed by atoms with Crippen molar-refractivity contribution in [3.05, 3.63) is 11.9 Å². The molecule has 1 aliphatic heterocycles. The Hall–Kier alpha value is -1.96. The predicted octanol–water partition coefficient (Wildman–Crippen LogP) is -0.142. The molecule has 2 heterocycles. The van der Waals surface area contributed by atoms with Crippen LogP contribution in [0.3, 0.4) is 0 Å². The van der Waals surface area contributed by atoms with Gasteiger partial charge in [0.1, 0.15) is 6.54 Å². The van der Waals surface area contributed by atoms with E-state index in [0.29, 0.717) is 17.8 Å². The van der Waals surface area contributed by atoms with Crippen LogP contribution < -0.4 is 0 Å². The van der Waals surface area contributed by atoms with Gasteiger partial charge in [-0.25, -0.2) is 9.48 Å². The van der Waals surface area contributed by atoms with Crippen molar-refractivity contribution in [1.29, 1.82) is 0 Å². The minimum atomic E-state index is -1.14. The highest BCUT2D eigenvalue weighted by Gasteiger charge is 2.60. The maximum absolute atomic E-state index is 12.6. The van der Waals surface area contributed by atoms with E-state index in [9.17, 15) is 9.59 Å². The molecule has 0 aromatic carbocycles. The van der Waals surface area contributed by atoms with Gasteiger partial charge in [0.05, 0.1) is 18.3 Å². The summed E-state index contributed by atoms with van der Waals surface area (Å²) in [6.45, 7) is 0.808. The first-order chi connectivity index (χ1) is 10.6. The molecule has 0 radical (unpaired) electrons. The van der Waals surface area contributed by atoms with Crippen LogP contribution in [0.25, 0.3) is 0 Å². The van der Waals surface area contributed by atoms with Crippen LogP contribution >= 0.6 is 0 Å². The van der Waals surface area contributed by atoms with Gasteiger partial charge in [0.2, 0.25) is 5.91 Å². The van der Waals surface area contributed by atoms with E-state index in [1.54, 1.807) is 7.11 Å². The highest BCUT2D eigenvalue weighted by Crippen LogP contribution is 2.55. The molecule has 8 nitrogen and oxygen atoms in total. The average Bonchev–Trinajstić information content (AvgIpc) is 3.18. The summed E-state index contributed by atoms with van der Waals surface area (Å²) in [5.74, 6) is 0.549. The van der Waals surface area contributed by atoms with Crippen molar-refractivity contribution in [1.82, 2.24) is 19.9 Å². The summed E-state index contributed by atoms with van der Waals surface area (Å²) >= 11 is 0. The number of carbonyl (C=O) groups excluding carboxylic acids is 1. The number of ether oxygens (including phenoxy) is 1. The van der Waals surface area contributed by atoms with Crippen LogP contribution in [0.15, 0.2) is 6.20 Å². The highest BCUT2D eigenvalue weighted by atomic mass is 16.5. The number of rotatable bonds is 4. The van der Waals surface area contributed by atoms with Gasteiger partial charge in [0, 0.05) is 13.7 Å². The first kappa shape index (κ1) is 13.7. The Morgan fingerprint density at radius 1 is 1.41 bits per heavy atom. The number of aromatic nitrogens is 3. The number of aromatic carboxylic acids is 1. The molecule has 5 unspecified atom stereocenters. The Balaban J connectivity index is 1.50. The second-order valence-corrected chi connectivity index (χ2v) is 6.50. The molecule has 8 heteroatoms. The van der Waals surface area contributed by atoms with Crippen LogP contribution in [-0.4, -0.2) is 62.7 Å². The molecule has 1 aromatic heterocycles. The first-order valence-corrected chi connectivity index (χ1v) is 7.54. The van der Waals surface area contributed by atoms with E-state index in [0.717, 1.165) is 19.4 Å². The number of hydrogen-bond donors (Lipinski definition) is 1. The predicted molar refractivity (Wildman–Crippen MR) is 73.0 cm³/mol. The zero-order valence-corrected chi connectivity index (χ0v) is 12.3. The summed E-state index contributed by atoms with van der Waals surface area (Å²) in [6.07, 6.45) is 3.73. The smallest absolute Gasteiger partial charge is 0.358 e. The molecule has 5 atom stereocenters. The Bertz CT molecular complexity index is 628. The fourth-order valence-electron chi connectivity index (χ4n) is 4.71. The maximum atomic E-state index is 12.6. The number of nitrogens with zero attached hydrogens (tertiary/aromatic N) is 4. The minimum absolute atomic E-state index is 0.0251. The lowest BCUT2D eigenvalue weighted by atomic mass is 9.88. The van der Waals surface area contributed by atoms with E-state index >= 15 is 0 Å². The van der Waals surface area contributed by atoms with Crippen molar-refractivity contribution in [2.45, 2.75) is 31.5 Å². The summed E-state index contributed by atoms with van der Waals surface area (Å²) in [5.41, 5.74) is -0.148. The van der Waals surface area contributed by atoms with Crippen molar-refractivity contribution in [2.24, 2.45) is 17.8 Å². The number of methoxy groups -OCH3 is 1. The molecule has 1 N–H and O–H groups in total. The molecule has 1 saturated heterocycles. The summed E-state index contributed by atoms with van der Waals surface area (Å²) in [5, 5.41) is 16.1. The van der Waals surface area contributed by atoms with Gasteiger partial charge in [-0.1, -0.05) is 5.21 Å². The average molecular weight is 306 g/mol. The highest BCUT2D eigenvalue weighted by molar-refractivity contribution is 5.84. The van der Waals surface area contributed by atoms with Crippen molar-refractivity contribution in [3.63, 3.8) is 0 Å². The third kappa shape index (κ3) is 1.86. The van der Waals surface area contributed by atoms with Gasteiger partial charge in [-0.2, -0.15) is 0 Å². The van der Waals surface area contributed by atoms with Gasteiger partial charge in [-0.15, -0.1) is 5.10 Å². The summed E-state index contributed by atoms with van der Waals surface area (Å²) in [7, 11) is 1.72. The minimum Gasteiger partial charge on any atom is -0.476 e. The zero-order valence-electron chi connectivity index (χ0n) is 12.3. The second kappa shape index (κ2) is 4.77. The van der Waals surface area contributed by atoms with E-state index in [-0.39, 0.29) is 30.3 Å². The number of fused-ring (bicyclic) bond motifs is 1. The molecule has 2 saturated carbocycles. The quantitative estimate of drug-likeness (QED) is 0.831. The van der Waals surface area contributed by atoms with E-state index in [1.807, 2.05) is 4.90 Å². The van der Waals surface area contributed by atoms with Crippen LogP contribution in [0, 0.1) is 17.8 Å². The molecule has 1 amide bonds. The molecule has 22 heavy (non-hydrogen) atoms. The van der Waals surface area contributed by atoms with E-state index in [2.05, 4.69) is 10.3 Å². The Morgan fingerprint density at radius 2 is 2.23 bits per heavy atom. The third-order valence-corrected chi connectivity index (χ3v) is 5.46. The van der Waals surface area contributed by atoms with Crippen LogP contribution in [0.4, 0.5) is 0 Å². The van der Waals surface area contributed by atoms with Crippen molar-refractivity contribution < 1.29 is 19.4 Å². The van der Waals surface area contributed by atoms with Crippen molar-refractivity contribution >= 4 is 11.9 Å². The molecule has 2 aliphatic carbocycles. The lowest BCUT2D eigenvalue weighted by Gasteiger charge is -2.31. The summed E-state index contributed by atoms with van der Waals surface area (Å²) in [4.78, 5) is 25.3. The van der Waals surface area contributed by atoms with Crippen LogP contribution in [0.5, 0.6) is 0 Å². The maximum Gasteiger partial charge on any atom is 0.358 e. The Kier molecular flexibility index (Phi) is 2.97. The number of carboxylic acids is 1. The number of carboxylic acid groups (broad SMARTS) is 1. The van der Waals surface area contributed by atoms with E-state index < -0.39 is 5.97 Å². The zero-order chi connectivity index (χ0) is 15.4. The fraction of sp³-hybridized carbons (Fsp3) is 0.714. The molecule has 0 spiro atoms. The van der Waals surface area contributed by atoms with Gasteiger partial charge >= 0.3 is 5.97 Å². The number of amides is 1. The summed E-state index contributed by atoms with van der Waals surface area (Å²) < 4.78 is 6.93. The Morgan fingerprint density at radius 3 is 2.91 bits per heavy atom. The standard InChI is InChI=1S/C14H18N4O4/c1-22-13-7-2-8-4-18(12(13)9(8)3-7)11(19)6-17-5-10(14(20)21)15-16-17/h5,7-9,12-13H,2-4,6H2,1H3,(H,20,21). The molecule has 118 valence electrons. The largest absolute Gasteiger partial charge is 0.476 e. The van der Waals surface area contributed by atoms with Gasteiger partial charge in [-0.3, -0.25) is 4.79 Å². The van der Waals surface area contributed by atoms with Crippen LogP contribution in [0.1, 0.15) is 23.3 Å². The van der Waals surface area contributed by atoms with Gasteiger partial charge in [0.15, 0.2) is 5.69 Å². The Labute approximate surface area is 127 Å². The molecule has 3 aliphatic rings. The fourth-order valence-corrected chi connectivity index (χ4v) is 4.71. The van der Waals surface area contributed by atoms with Crippen molar-refractivity contribution in [3.8, 4) is 0 Å². The van der Waals surface area contributed by atoms with Gasteiger partial charge in [0.25, 0.3) is 0 Å².